The molecule has 6 heteroatoms. The third-order valence-corrected chi connectivity index (χ3v) is 6.83. The van der Waals surface area contributed by atoms with Gasteiger partial charge in [-0.05, 0) is 0 Å². The standard InChI is InChI=1S/C14H14IO4S/c1-11-3-9-14(10-4-11)20(16,17)19-15-12-5-7-13(18-2)8-6-12/h3-10H,1-2H3/q-1. The molecule has 2 aromatic rings. The van der Waals surface area contributed by atoms with Crippen LogP contribution in [0.25, 0.3) is 0 Å². The quantitative estimate of drug-likeness (QED) is 0.635. The van der Waals surface area contributed by atoms with Crippen LogP contribution in [0.1, 0.15) is 5.56 Å². The van der Waals surface area contributed by atoms with Gasteiger partial charge in [0.15, 0.2) is 0 Å². The van der Waals surface area contributed by atoms with Crippen LogP contribution in [-0.2, 0) is 12.6 Å². The van der Waals surface area contributed by atoms with Crippen LogP contribution in [0.5, 0.6) is 5.75 Å². The molecule has 2 rings (SSSR count). The molecule has 108 valence electrons. The predicted octanol–water partition coefficient (Wildman–Crippen LogP) is -0.417. The second-order valence-corrected chi connectivity index (χ2v) is 8.34. The molecule has 0 radical (unpaired) electrons. The molecule has 0 bridgehead atoms. The normalized spacial score (nSPS) is 11.5. The fourth-order valence-electron chi connectivity index (χ4n) is 1.44. The van der Waals surface area contributed by atoms with Crippen LogP contribution in [0, 0.1) is 10.5 Å². The van der Waals surface area contributed by atoms with Gasteiger partial charge in [-0.25, -0.2) is 0 Å². The summed E-state index contributed by atoms with van der Waals surface area (Å²) in [6.45, 7) is 1.90. The topological polar surface area (TPSA) is 52.6 Å². The number of ether oxygens (including phenoxy) is 1. The summed E-state index contributed by atoms with van der Waals surface area (Å²) >= 11 is -1.06. The van der Waals surface area contributed by atoms with Gasteiger partial charge in [0.1, 0.15) is 0 Å². The van der Waals surface area contributed by atoms with Gasteiger partial charge < -0.3 is 0 Å². The first kappa shape index (κ1) is 15.3. The Kier molecular flexibility index (Phi) is 5.00. The molecule has 0 aliphatic rings. The Hall–Kier alpha value is -1.12. The second kappa shape index (κ2) is 6.55. The van der Waals surface area contributed by atoms with E-state index < -0.39 is 31.7 Å². The summed E-state index contributed by atoms with van der Waals surface area (Å²) in [5.41, 5.74) is 1.01. The third-order valence-electron chi connectivity index (χ3n) is 2.56. The number of benzene rings is 2. The van der Waals surface area contributed by atoms with Crippen LogP contribution in [0.2, 0.25) is 0 Å². The van der Waals surface area contributed by atoms with Gasteiger partial charge in [-0.2, -0.15) is 0 Å². The zero-order valence-electron chi connectivity index (χ0n) is 11.0. The molecule has 4 nitrogen and oxygen atoms in total. The van der Waals surface area contributed by atoms with Gasteiger partial charge in [0.2, 0.25) is 0 Å². The Labute approximate surface area is 129 Å². The molecule has 0 heterocycles. The monoisotopic (exact) mass is 405 g/mol. The van der Waals surface area contributed by atoms with Gasteiger partial charge in [0, 0.05) is 0 Å². The molecular weight excluding hydrogens is 391 g/mol. The van der Waals surface area contributed by atoms with Gasteiger partial charge in [-0.3, -0.25) is 0 Å². The van der Waals surface area contributed by atoms with Crippen molar-refractivity contribution in [3.8, 4) is 5.75 Å². The van der Waals surface area contributed by atoms with Crippen molar-refractivity contribution in [1.29, 1.82) is 0 Å². The van der Waals surface area contributed by atoms with Crippen molar-refractivity contribution in [2.24, 2.45) is 0 Å². The van der Waals surface area contributed by atoms with Crippen molar-refractivity contribution in [1.82, 2.24) is 0 Å². The average molecular weight is 405 g/mol. The molecule has 0 fully saturated rings. The first-order chi connectivity index (χ1) is 9.51. The van der Waals surface area contributed by atoms with E-state index in [-0.39, 0.29) is 4.90 Å². The Balaban J connectivity index is 2.06. The molecule has 0 aliphatic carbocycles. The van der Waals surface area contributed by atoms with Crippen LogP contribution in [-0.4, -0.2) is 15.5 Å². The zero-order chi connectivity index (χ0) is 14.6. The van der Waals surface area contributed by atoms with Crippen molar-refractivity contribution < 1.29 is 37.3 Å². The van der Waals surface area contributed by atoms with Crippen molar-refractivity contribution in [3.63, 3.8) is 0 Å². The summed E-state index contributed by atoms with van der Waals surface area (Å²) in [7, 11) is -2.09. The zero-order valence-corrected chi connectivity index (χ0v) is 14.0. The first-order valence-corrected chi connectivity index (χ1v) is 9.17. The number of hydrogen-bond acceptors (Lipinski definition) is 4. The second-order valence-electron chi connectivity index (χ2n) is 4.07. The van der Waals surface area contributed by atoms with E-state index in [9.17, 15) is 8.42 Å². The summed E-state index contributed by atoms with van der Waals surface area (Å²) in [5.74, 6) is 0.735. The predicted molar refractivity (Wildman–Crippen MR) is 71.1 cm³/mol. The van der Waals surface area contributed by atoms with Gasteiger partial charge in [0.05, 0.1) is 0 Å². The molecule has 0 N–H and O–H groups in total. The van der Waals surface area contributed by atoms with Gasteiger partial charge in [0.25, 0.3) is 0 Å². The molecule has 0 spiro atoms. The van der Waals surface area contributed by atoms with E-state index in [2.05, 4.69) is 0 Å². The molecule has 0 aromatic heterocycles. The van der Waals surface area contributed by atoms with Crippen LogP contribution in [0.3, 0.4) is 0 Å². The first-order valence-electron chi connectivity index (χ1n) is 5.80. The molecule has 2 aromatic carbocycles. The molecule has 0 aliphatic heterocycles. The number of methoxy groups -OCH3 is 1. The van der Waals surface area contributed by atoms with Crippen molar-refractivity contribution in [2.45, 2.75) is 11.8 Å². The average Bonchev–Trinajstić information content (AvgIpc) is 2.46. The molecular formula is C14H14IO4S-. The molecule has 0 saturated heterocycles. The van der Waals surface area contributed by atoms with E-state index >= 15 is 0 Å². The SMILES string of the molecule is COc1ccc([I-]OS(=O)(=O)c2ccc(C)cc2)cc1. The van der Waals surface area contributed by atoms with Crippen LogP contribution in [0.15, 0.2) is 53.4 Å². The summed E-state index contributed by atoms with van der Waals surface area (Å²) < 4.78 is 35.1. The van der Waals surface area contributed by atoms with Gasteiger partial charge in [-0.15, -0.1) is 0 Å². The van der Waals surface area contributed by atoms with E-state index in [0.717, 1.165) is 14.9 Å². The molecule has 0 amide bonds. The summed E-state index contributed by atoms with van der Waals surface area (Å²) in [6, 6.07) is 13.8. The van der Waals surface area contributed by atoms with E-state index in [0.29, 0.717) is 0 Å². The van der Waals surface area contributed by atoms with E-state index in [4.69, 9.17) is 7.25 Å². The van der Waals surface area contributed by atoms with Crippen LogP contribution < -0.4 is 26.4 Å². The molecule has 0 atom stereocenters. The number of rotatable bonds is 5. The van der Waals surface area contributed by atoms with Crippen molar-refractivity contribution in [3.05, 3.63) is 57.7 Å². The van der Waals surface area contributed by atoms with E-state index in [1.165, 1.54) is 0 Å². The summed E-state index contributed by atoms with van der Waals surface area (Å²) in [4.78, 5) is 0.191. The number of aryl methyl sites for hydroxylation is 1. The van der Waals surface area contributed by atoms with Gasteiger partial charge >= 0.3 is 130 Å². The van der Waals surface area contributed by atoms with E-state index in [1.807, 2.05) is 19.1 Å². The summed E-state index contributed by atoms with van der Waals surface area (Å²) in [5, 5.41) is 0. The van der Waals surface area contributed by atoms with Crippen molar-refractivity contribution >= 4 is 10.1 Å². The van der Waals surface area contributed by atoms with Crippen molar-refractivity contribution in [2.75, 3.05) is 7.11 Å². The maximum absolute atomic E-state index is 12.0. The van der Waals surface area contributed by atoms with Gasteiger partial charge in [-0.1, -0.05) is 0 Å². The minimum atomic E-state index is -3.67. The maximum atomic E-state index is 12.0. The number of halogens is 1. The Morgan fingerprint density at radius 3 is 2.10 bits per heavy atom. The Bertz CT molecular complexity index is 663. The van der Waals surface area contributed by atoms with Crippen LogP contribution in [0.4, 0.5) is 0 Å². The van der Waals surface area contributed by atoms with Crippen LogP contribution >= 0.6 is 0 Å². The third kappa shape index (κ3) is 3.94. The fourth-order valence-corrected chi connectivity index (χ4v) is 4.75. The Morgan fingerprint density at radius 1 is 0.950 bits per heavy atom. The molecule has 0 saturated carbocycles. The molecule has 20 heavy (non-hydrogen) atoms. The molecule has 0 unspecified atom stereocenters. The number of hydrogen-bond donors (Lipinski definition) is 0. The fraction of sp³-hybridized carbons (Fsp3) is 0.143. The van der Waals surface area contributed by atoms with E-state index in [1.54, 1.807) is 43.5 Å². The Morgan fingerprint density at radius 2 is 1.55 bits per heavy atom. The summed E-state index contributed by atoms with van der Waals surface area (Å²) in [6.07, 6.45) is 0. The minimum absolute atomic E-state index is 0.191.